The van der Waals surface area contributed by atoms with Gasteiger partial charge in [0, 0.05) is 0 Å². The summed E-state index contributed by atoms with van der Waals surface area (Å²) in [6.07, 6.45) is 2.70. The Hall–Kier alpha value is -0.0900. The molecule has 0 bridgehead atoms. The third kappa shape index (κ3) is 4.42. The molecule has 0 rings (SSSR count). The maximum absolute atomic E-state index is 12.0. The van der Waals surface area contributed by atoms with E-state index in [0.29, 0.717) is 13.0 Å². The van der Waals surface area contributed by atoms with Gasteiger partial charge in [0.15, 0.2) is 9.84 Å². The Morgan fingerprint density at radius 1 is 1.06 bits per heavy atom. The highest BCUT2D eigenvalue weighted by Gasteiger charge is 2.31. The number of hydrogen-bond acceptors (Lipinski definition) is 3. The van der Waals surface area contributed by atoms with Crippen molar-refractivity contribution in [3.8, 4) is 0 Å². The molecule has 0 aromatic rings. The predicted octanol–water partition coefficient (Wildman–Crippen LogP) is 2.35. The normalized spacial score (nSPS) is 17.1. The Labute approximate surface area is 101 Å². The van der Waals surface area contributed by atoms with Crippen molar-refractivity contribution in [1.29, 1.82) is 0 Å². The first-order valence-electron chi connectivity index (χ1n) is 6.00. The van der Waals surface area contributed by atoms with Gasteiger partial charge in [-0.15, -0.1) is 0 Å². The van der Waals surface area contributed by atoms with E-state index in [9.17, 15) is 8.42 Å². The van der Waals surface area contributed by atoms with Gasteiger partial charge < -0.3 is 5.73 Å². The third-order valence-electron chi connectivity index (χ3n) is 3.25. The van der Waals surface area contributed by atoms with Gasteiger partial charge in [-0.25, -0.2) is 8.42 Å². The van der Waals surface area contributed by atoms with E-state index >= 15 is 0 Å². The largest absolute Gasteiger partial charge is 0.330 e. The first-order chi connectivity index (χ1) is 7.08. The van der Waals surface area contributed by atoms with Crippen LogP contribution in [0, 0.1) is 5.41 Å². The average Bonchev–Trinajstić information content (AvgIpc) is 2.14. The summed E-state index contributed by atoms with van der Waals surface area (Å²) in [5.41, 5.74) is 5.70. The topological polar surface area (TPSA) is 60.2 Å². The summed E-state index contributed by atoms with van der Waals surface area (Å²) < 4.78 is 23.3. The third-order valence-corrected chi connectivity index (χ3v) is 5.86. The molecule has 4 heteroatoms. The number of hydrogen-bond donors (Lipinski definition) is 1. The molecule has 0 heterocycles. The fraction of sp³-hybridized carbons (Fsp3) is 1.00. The van der Waals surface area contributed by atoms with Crippen molar-refractivity contribution in [1.82, 2.24) is 0 Å². The first-order valence-corrected chi connectivity index (χ1v) is 7.65. The Kier molecular flexibility index (Phi) is 5.47. The van der Waals surface area contributed by atoms with Gasteiger partial charge in [-0.2, -0.15) is 0 Å². The molecule has 0 saturated heterocycles. The Morgan fingerprint density at radius 3 is 1.88 bits per heavy atom. The summed E-state index contributed by atoms with van der Waals surface area (Å²) in [5, 5.41) is 0. The highest BCUT2D eigenvalue weighted by Crippen LogP contribution is 2.28. The van der Waals surface area contributed by atoms with E-state index in [2.05, 4.69) is 13.8 Å². The average molecular weight is 249 g/mol. The van der Waals surface area contributed by atoms with Crippen LogP contribution in [0.1, 0.15) is 53.9 Å². The Morgan fingerprint density at radius 2 is 1.56 bits per heavy atom. The molecule has 0 saturated carbocycles. The molecular weight excluding hydrogens is 222 g/mol. The van der Waals surface area contributed by atoms with Gasteiger partial charge in [-0.05, 0) is 45.6 Å². The summed E-state index contributed by atoms with van der Waals surface area (Å²) in [6, 6.07) is 0. The van der Waals surface area contributed by atoms with Crippen LogP contribution in [0.3, 0.4) is 0 Å². The van der Waals surface area contributed by atoms with E-state index < -0.39 is 14.6 Å². The number of nitrogens with two attached hydrogens (primary N) is 1. The maximum atomic E-state index is 12.0. The Balaban J connectivity index is 4.56. The molecule has 0 aliphatic carbocycles. The molecule has 2 N–H and O–H groups in total. The monoisotopic (exact) mass is 249 g/mol. The minimum absolute atomic E-state index is 0.0347. The molecule has 1 atom stereocenters. The van der Waals surface area contributed by atoms with Crippen molar-refractivity contribution in [3.63, 3.8) is 0 Å². The van der Waals surface area contributed by atoms with E-state index in [4.69, 9.17) is 5.73 Å². The molecule has 0 aliphatic heterocycles. The zero-order valence-electron chi connectivity index (χ0n) is 11.3. The van der Waals surface area contributed by atoms with Gasteiger partial charge in [0.2, 0.25) is 0 Å². The molecule has 3 nitrogen and oxygen atoms in total. The van der Waals surface area contributed by atoms with Gasteiger partial charge in [0.25, 0.3) is 0 Å². The smallest absolute Gasteiger partial charge is 0.155 e. The minimum atomic E-state index is -3.01. The van der Waals surface area contributed by atoms with E-state index in [1.807, 2.05) is 0 Å². The second-order valence-corrected chi connectivity index (χ2v) is 8.81. The van der Waals surface area contributed by atoms with Gasteiger partial charge in [0.05, 0.1) is 10.5 Å². The highest BCUT2D eigenvalue weighted by molar-refractivity contribution is 7.92. The predicted molar refractivity (Wildman–Crippen MR) is 70.2 cm³/mol. The molecule has 16 heavy (non-hydrogen) atoms. The first kappa shape index (κ1) is 15.9. The zero-order chi connectivity index (χ0) is 13.0. The van der Waals surface area contributed by atoms with Gasteiger partial charge in [-0.3, -0.25) is 0 Å². The maximum Gasteiger partial charge on any atom is 0.155 e. The summed E-state index contributed by atoms with van der Waals surface area (Å²) in [7, 11) is -3.01. The molecule has 98 valence electrons. The lowest BCUT2D eigenvalue weighted by atomic mass is 9.83. The van der Waals surface area contributed by atoms with E-state index in [0.717, 1.165) is 12.8 Å². The van der Waals surface area contributed by atoms with Gasteiger partial charge >= 0.3 is 0 Å². The van der Waals surface area contributed by atoms with E-state index in [-0.39, 0.29) is 11.2 Å². The fourth-order valence-electron chi connectivity index (χ4n) is 1.62. The van der Waals surface area contributed by atoms with Crippen LogP contribution >= 0.6 is 0 Å². The number of rotatable bonds is 6. The fourth-order valence-corrected chi connectivity index (χ4v) is 2.99. The summed E-state index contributed by atoms with van der Waals surface area (Å²) in [5.74, 6) is 0.240. The summed E-state index contributed by atoms with van der Waals surface area (Å²) in [4.78, 5) is 0. The van der Waals surface area contributed by atoms with Crippen LogP contribution in [0.25, 0.3) is 0 Å². The van der Waals surface area contributed by atoms with Crippen molar-refractivity contribution in [2.75, 3.05) is 12.3 Å². The molecule has 0 amide bonds. The standard InChI is InChI=1S/C12H27NO2S/c1-6-7-12(5,10-13)8-9-16(14,15)11(2,3)4/h6-10,13H2,1-5H3. The van der Waals surface area contributed by atoms with Crippen LogP contribution in [0.5, 0.6) is 0 Å². The molecule has 1 unspecified atom stereocenters. The van der Waals surface area contributed by atoms with Crippen LogP contribution in [-0.2, 0) is 9.84 Å². The van der Waals surface area contributed by atoms with Crippen molar-refractivity contribution in [2.24, 2.45) is 11.1 Å². The van der Waals surface area contributed by atoms with Crippen LogP contribution in [-0.4, -0.2) is 25.5 Å². The molecule has 0 aliphatic rings. The molecule has 0 fully saturated rings. The second kappa shape index (κ2) is 5.50. The zero-order valence-corrected chi connectivity index (χ0v) is 12.2. The highest BCUT2D eigenvalue weighted by atomic mass is 32.2. The molecule has 0 radical (unpaired) electrons. The summed E-state index contributed by atoms with van der Waals surface area (Å²) in [6.45, 7) is 9.99. The minimum Gasteiger partial charge on any atom is -0.330 e. The van der Waals surface area contributed by atoms with Crippen LogP contribution in [0.2, 0.25) is 0 Å². The van der Waals surface area contributed by atoms with Crippen molar-refractivity contribution >= 4 is 9.84 Å². The molecule has 0 aromatic carbocycles. The number of sulfone groups is 1. The molecule has 0 aromatic heterocycles. The van der Waals surface area contributed by atoms with Crippen LogP contribution < -0.4 is 5.73 Å². The molecule has 0 spiro atoms. The lowest BCUT2D eigenvalue weighted by molar-refractivity contribution is 0.293. The van der Waals surface area contributed by atoms with Crippen molar-refractivity contribution in [3.05, 3.63) is 0 Å². The SMILES string of the molecule is CCCC(C)(CN)CCS(=O)(=O)C(C)(C)C. The molecular formula is C12H27NO2S. The van der Waals surface area contributed by atoms with Crippen LogP contribution in [0.4, 0.5) is 0 Å². The van der Waals surface area contributed by atoms with Crippen molar-refractivity contribution < 1.29 is 8.42 Å². The van der Waals surface area contributed by atoms with E-state index in [1.54, 1.807) is 20.8 Å². The van der Waals surface area contributed by atoms with Crippen LogP contribution in [0.15, 0.2) is 0 Å². The quantitative estimate of drug-likeness (QED) is 0.786. The van der Waals surface area contributed by atoms with Gasteiger partial charge in [-0.1, -0.05) is 20.3 Å². The Bertz CT molecular complexity index is 303. The lowest BCUT2D eigenvalue weighted by Gasteiger charge is -2.29. The second-order valence-electron chi connectivity index (χ2n) is 5.95. The van der Waals surface area contributed by atoms with Gasteiger partial charge in [0.1, 0.15) is 0 Å². The summed E-state index contributed by atoms with van der Waals surface area (Å²) >= 11 is 0. The van der Waals surface area contributed by atoms with Crippen molar-refractivity contribution in [2.45, 2.75) is 58.6 Å². The lowest BCUT2D eigenvalue weighted by Crippen LogP contribution is -2.35. The van der Waals surface area contributed by atoms with E-state index in [1.165, 1.54) is 0 Å².